The van der Waals surface area contributed by atoms with E-state index in [2.05, 4.69) is 22.9 Å². The van der Waals surface area contributed by atoms with E-state index in [1.807, 2.05) is 31.2 Å². The summed E-state index contributed by atoms with van der Waals surface area (Å²) < 4.78 is 0. The number of anilines is 1. The van der Waals surface area contributed by atoms with Crippen molar-refractivity contribution in [3.63, 3.8) is 0 Å². The first-order valence-corrected chi connectivity index (χ1v) is 7.38. The van der Waals surface area contributed by atoms with Gasteiger partial charge in [-0.1, -0.05) is 19.1 Å². The predicted molar refractivity (Wildman–Crippen MR) is 82.9 cm³/mol. The van der Waals surface area contributed by atoms with Gasteiger partial charge in [0.2, 0.25) is 11.8 Å². The molecule has 3 unspecified atom stereocenters. The lowest BCUT2D eigenvalue weighted by Crippen LogP contribution is -2.44. The molecule has 3 atom stereocenters. The minimum Gasteiger partial charge on any atom is -0.348 e. The van der Waals surface area contributed by atoms with Crippen LogP contribution in [0.4, 0.5) is 5.69 Å². The van der Waals surface area contributed by atoms with Gasteiger partial charge in [0.1, 0.15) is 0 Å². The Morgan fingerprint density at radius 1 is 1.38 bits per heavy atom. The minimum absolute atomic E-state index is 0.0393. The van der Waals surface area contributed by atoms with Gasteiger partial charge in [0.25, 0.3) is 0 Å². The second kappa shape index (κ2) is 6.72. The van der Waals surface area contributed by atoms with Crippen LogP contribution in [0.5, 0.6) is 0 Å². The van der Waals surface area contributed by atoms with E-state index < -0.39 is 0 Å². The zero-order valence-corrected chi connectivity index (χ0v) is 12.8. The number of carbonyl (C=O) groups is 2. The van der Waals surface area contributed by atoms with Crippen molar-refractivity contribution < 1.29 is 9.59 Å². The highest BCUT2D eigenvalue weighted by Gasteiger charge is 2.29. The highest BCUT2D eigenvalue weighted by Crippen LogP contribution is 2.19. The van der Waals surface area contributed by atoms with E-state index in [9.17, 15) is 9.59 Å². The minimum atomic E-state index is -0.106. The number of nitrogens with one attached hydrogen (secondary N) is 3. The SMILES string of the molecule is CC(=O)Nc1cccc(C(C)NC(=O)C2NCCC2C)c1. The number of carbonyl (C=O) groups excluding carboxylic acids is 2. The van der Waals surface area contributed by atoms with E-state index in [1.54, 1.807) is 0 Å². The fourth-order valence-corrected chi connectivity index (χ4v) is 2.66. The number of benzene rings is 1. The lowest BCUT2D eigenvalue weighted by molar-refractivity contribution is -0.124. The fourth-order valence-electron chi connectivity index (χ4n) is 2.66. The third-order valence-electron chi connectivity index (χ3n) is 3.88. The molecule has 1 aromatic rings. The number of amides is 2. The molecule has 2 amide bonds. The molecule has 2 rings (SSSR count). The van der Waals surface area contributed by atoms with E-state index >= 15 is 0 Å². The van der Waals surface area contributed by atoms with Crippen molar-refractivity contribution in [3.8, 4) is 0 Å². The van der Waals surface area contributed by atoms with Crippen molar-refractivity contribution in [3.05, 3.63) is 29.8 Å². The van der Waals surface area contributed by atoms with Crippen molar-refractivity contribution in [1.82, 2.24) is 10.6 Å². The second-order valence-electron chi connectivity index (χ2n) is 5.73. The van der Waals surface area contributed by atoms with Crippen LogP contribution >= 0.6 is 0 Å². The molecule has 5 heteroatoms. The summed E-state index contributed by atoms with van der Waals surface area (Å²) >= 11 is 0. The molecule has 1 aliphatic rings. The Hall–Kier alpha value is -1.88. The number of rotatable bonds is 4. The summed E-state index contributed by atoms with van der Waals surface area (Å²) in [5.74, 6) is 0.299. The topological polar surface area (TPSA) is 70.2 Å². The third kappa shape index (κ3) is 4.04. The van der Waals surface area contributed by atoms with Crippen molar-refractivity contribution >= 4 is 17.5 Å². The van der Waals surface area contributed by atoms with Crippen molar-refractivity contribution in [1.29, 1.82) is 0 Å². The third-order valence-corrected chi connectivity index (χ3v) is 3.88. The van der Waals surface area contributed by atoms with Crippen LogP contribution in [0.25, 0.3) is 0 Å². The van der Waals surface area contributed by atoms with Crippen LogP contribution in [0.3, 0.4) is 0 Å². The van der Waals surface area contributed by atoms with Crippen LogP contribution in [-0.4, -0.2) is 24.4 Å². The molecular weight excluding hydrogens is 266 g/mol. The summed E-state index contributed by atoms with van der Waals surface area (Å²) in [4.78, 5) is 23.4. The van der Waals surface area contributed by atoms with Crippen LogP contribution in [0.2, 0.25) is 0 Å². The average Bonchev–Trinajstić information content (AvgIpc) is 2.84. The van der Waals surface area contributed by atoms with Crippen LogP contribution < -0.4 is 16.0 Å². The zero-order chi connectivity index (χ0) is 15.4. The zero-order valence-electron chi connectivity index (χ0n) is 12.8. The fraction of sp³-hybridized carbons (Fsp3) is 0.500. The van der Waals surface area contributed by atoms with E-state index in [1.165, 1.54) is 6.92 Å². The van der Waals surface area contributed by atoms with Gasteiger partial charge in [0.15, 0.2) is 0 Å². The van der Waals surface area contributed by atoms with Crippen molar-refractivity contribution in [2.45, 2.75) is 39.3 Å². The van der Waals surface area contributed by atoms with Gasteiger partial charge in [0, 0.05) is 12.6 Å². The van der Waals surface area contributed by atoms with E-state index in [4.69, 9.17) is 0 Å². The van der Waals surface area contributed by atoms with Gasteiger partial charge in [-0.05, 0) is 43.5 Å². The molecule has 0 saturated carbocycles. The maximum atomic E-state index is 12.3. The summed E-state index contributed by atoms with van der Waals surface area (Å²) in [7, 11) is 0. The molecule has 1 heterocycles. The van der Waals surface area contributed by atoms with Crippen LogP contribution in [0.15, 0.2) is 24.3 Å². The largest absolute Gasteiger partial charge is 0.348 e. The second-order valence-corrected chi connectivity index (χ2v) is 5.73. The molecular formula is C16H23N3O2. The Morgan fingerprint density at radius 3 is 2.76 bits per heavy atom. The maximum absolute atomic E-state index is 12.3. The quantitative estimate of drug-likeness (QED) is 0.792. The summed E-state index contributed by atoms with van der Waals surface area (Å²) in [5.41, 5.74) is 1.72. The molecule has 0 aliphatic carbocycles. The smallest absolute Gasteiger partial charge is 0.237 e. The molecule has 1 fully saturated rings. The van der Waals surface area contributed by atoms with Crippen LogP contribution in [0.1, 0.15) is 38.8 Å². The first kappa shape index (κ1) is 15.5. The Balaban J connectivity index is 2.01. The highest BCUT2D eigenvalue weighted by molar-refractivity contribution is 5.88. The normalized spacial score (nSPS) is 22.6. The Kier molecular flexibility index (Phi) is 4.96. The molecule has 114 valence electrons. The van der Waals surface area contributed by atoms with E-state index in [0.717, 1.165) is 24.2 Å². The van der Waals surface area contributed by atoms with Gasteiger partial charge >= 0.3 is 0 Å². The summed E-state index contributed by atoms with van der Waals surface area (Å²) in [6.45, 7) is 6.41. The predicted octanol–water partition coefficient (Wildman–Crippen LogP) is 1.82. The summed E-state index contributed by atoms with van der Waals surface area (Å²) in [5, 5.41) is 9.02. The van der Waals surface area contributed by atoms with Crippen molar-refractivity contribution in [2.75, 3.05) is 11.9 Å². The molecule has 0 spiro atoms. The van der Waals surface area contributed by atoms with Crippen molar-refractivity contribution in [2.24, 2.45) is 5.92 Å². The molecule has 0 radical (unpaired) electrons. The van der Waals surface area contributed by atoms with E-state index in [0.29, 0.717) is 5.92 Å². The molecule has 5 nitrogen and oxygen atoms in total. The lowest BCUT2D eigenvalue weighted by atomic mass is 10.0. The maximum Gasteiger partial charge on any atom is 0.237 e. The Labute approximate surface area is 125 Å². The average molecular weight is 289 g/mol. The monoisotopic (exact) mass is 289 g/mol. The number of hydrogen-bond acceptors (Lipinski definition) is 3. The highest BCUT2D eigenvalue weighted by atomic mass is 16.2. The number of hydrogen-bond donors (Lipinski definition) is 3. The van der Waals surface area contributed by atoms with E-state index in [-0.39, 0.29) is 23.9 Å². The summed E-state index contributed by atoms with van der Waals surface area (Å²) in [6.07, 6.45) is 1.03. The Morgan fingerprint density at radius 2 is 2.14 bits per heavy atom. The van der Waals surface area contributed by atoms with Gasteiger partial charge in [0.05, 0.1) is 12.1 Å². The molecule has 3 N–H and O–H groups in total. The Bertz CT molecular complexity index is 530. The summed E-state index contributed by atoms with van der Waals surface area (Å²) in [6, 6.07) is 7.34. The van der Waals surface area contributed by atoms with Gasteiger partial charge < -0.3 is 16.0 Å². The van der Waals surface area contributed by atoms with Crippen LogP contribution in [-0.2, 0) is 9.59 Å². The molecule has 1 aliphatic heterocycles. The molecule has 0 aromatic heterocycles. The molecule has 21 heavy (non-hydrogen) atoms. The molecule has 1 saturated heterocycles. The molecule has 0 bridgehead atoms. The van der Waals surface area contributed by atoms with Gasteiger partial charge in [-0.15, -0.1) is 0 Å². The first-order chi connectivity index (χ1) is 9.97. The van der Waals surface area contributed by atoms with Gasteiger partial charge in [-0.3, -0.25) is 9.59 Å². The molecule has 1 aromatic carbocycles. The lowest BCUT2D eigenvalue weighted by Gasteiger charge is -2.20. The van der Waals surface area contributed by atoms with Gasteiger partial charge in [-0.25, -0.2) is 0 Å². The van der Waals surface area contributed by atoms with Gasteiger partial charge in [-0.2, -0.15) is 0 Å². The standard InChI is InChI=1S/C16H23N3O2/c1-10-7-8-17-15(10)16(21)18-11(2)13-5-4-6-14(9-13)19-12(3)20/h4-6,9-11,15,17H,7-8H2,1-3H3,(H,18,21)(H,19,20). The first-order valence-electron chi connectivity index (χ1n) is 7.38. The van der Waals surface area contributed by atoms with Crippen LogP contribution in [0, 0.1) is 5.92 Å².